The van der Waals surface area contributed by atoms with Gasteiger partial charge in [0.25, 0.3) is 0 Å². The van der Waals surface area contributed by atoms with Crippen molar-refractivity contribution in [2.24, 2.45) is 0 Å². The Morgan fingerprint density at radius 1 is 1.25 bits per heavy atom. The molecule has 0 amide bonds. The van der Waals surface area contributed by atoms with Gasteiger partial charge in [-0.05, 0) is 38.8 Å². The van der Waals surface area contributed by atoms with Crippen LogP contribution < -0.4 is 0 Å². The average molecular weight is 218 g/mol. The molecular formula is C12H18N4. The van der Waals surface area contributed by atoms with Crippen molar-refractivity contribution in [1.29, 1.82) is 0 Å². The predicted molar refractivity (Wildman–Crippen MR) is 63.4 cm³/mol. The highest BCUT2D eigenvalue weighted by Crippen LogP contribution is 2.15. The van der Waals surface area contributed by atoms with Gasteiger partial charge in [-0.3, -0.25) is 0 Å². The van der Waals surface area contributed by atoms with Crippen LogP contribution in [0.3, 0.4) is 0 Å². The van der Waals surface area contributed by atoms with Gasteiger partial charge in [0, 0.05) is 18.4 Å². The average Bonchev–Trinajstić information content (AvgIpc) is 2.81. The Kier molecular flexibility index (Phi) is 2.81. The molecule has 0 aliphatic carbocycles. The number of aryl methyl sites for hydroxylation is 2. The highest BCUT2D eigenvalue weighted by atomic mass is 15.3. The minimum atomic E-state index is 0.800. The second-order valence-corrected chi connectivity index (χ2v) is 4.14. The van der Waals surface area contributed by atoms with Gasteiger partial charge in [0.1, 0.15) is 12.2 Å². The highest BCUT2D eigenvalue weighted by Gasteiger charge is 2.08. The van der Waals surface area contributed by atoms with Crippen LogP contribution in [0.4, 0.5) is 0 Å². The van der Waals surface area contributed by atoms with Crippen molar-refractivity contribution in [2.75, 3.05) is 0 Å². The Labute approximate surface area is 95.9 Å². The third kappa shape index (κ3) is 1.75. The summed E-state index contributed by atoms with van der Waals surface area (Å²) in [5.41, 5.74) is 4.01. The second kappa shape index (κ2) is 4.12. The van der Waals surface area contributed by atoms with Gasteiger partial charge in [-0.15, -0.1) is 0 Å². The molecule has 2 heterocycles. The van der Waals surface area contributed by atoms with Crippen LogP contribution in [-0.2, 0) is 13.1 Å². The Morgan fingerprint density at radius 2 is 2.00 bits per heavy atom. The van der Waals surface area contributed by atoms with Crippen LogP contribution in [0, 0.1) is 20.8 Å². The Morgan fingerprint density at radius 3 is 2.56 bits per heavy atom. The maximum Gasteiger partial charge on any atom is 0.146 e. The van der Waals surface area contributed by atoms with Crippen molar-refractivity contribution in [3.63, 3.8) is 0 Å². The van der Waals surface area contributed by atoms with Gasteiger partial charge in [-0.25, -0.2) is 9.67 Å². The van der Waals surface area contributed by atoms with Crippen molar-refractivity contribution in [3.8, 4) is 0 Å². The third-order valence-corrected chi connectivity index (χ3v) is 3.22. The fourth-order valence-electron chi connectivity index (χ4n) is 1.92. The van der Waals surface area contributed by atoms with Gasteiger partial charge < -0.3 is 4.57 Å². The molecule has 0 radical (unpaired) electrons. The predicted octanol–water partition coefficient (Wildman–Crippen LogP) is 2.07. The number of aromatic nitrogens is 4. The summed E-state index contributed by atoms with van der Waals surface area (Å²) in [6, 6.07) is 0. The number of hydrogen-bond donors (Lipinski definition) is 0. The van der Waals surface area contributed by atoms with Gasteiger partial charge in [0.15, 0.2) is 0 Å². The summed E-state index contributed by atoms with van der Waals surface area (Å²) >= 11 is 0. The fraction of sp³-hybridized carbons (Fsp3) is 0.500. The zero-order valence-corrected chi connectivity index (χ0v) is 10.4. The van der Waals surface area contributed by atoms with Crippen molar-refractivity contribution >= 4 is 0 Å². The molecule has 0 fully saturated rings. The van der Waals surface area contributed by atoms with E-state index >= 15 is 0 Å². The molecule has 16 heavy (non-hydrogen) atoms. The van der Waals surface area contributed by atoms with E-state index in [0.29, 0.717) is 0 Å². The molecule has 0 bridgehead atoms. The largest absolute Gasteiger partial charge is 0.344 e. The molecule has 0 aromatic carbocycles. The maximum absolute atomic E-state index is 4.29. The smallest absolute Gasteiger partial charge is 0.146 e. The quantitative estimate of drug-likeness (QED) is 0.790. The molecule has 2 aromatic rings. The molecule has 0 spiro atoms. The van der Waals surface area contributed by atoms with Crippen LogP contribution in [0.5, 0.6) is 0 Å². The first kappa shape index (κ1) is 10.9. The summed E-state index contributed by atoms with van der Waals surface area (Å²) in [7, 11) is 0. The summed E-state index contributed by atoms with van der Waals surface area (Å²) in [6.45, 7) is 10.2. The molecule has 0 saturated heterocycles. The zero-order chi connectivity index (χ0) is 11.7. The number of rotatable bonds is 3. The van der Waals surface area contributed by atoms with E-state index in [-0.39, 0.29) is 0 Å². The SMILES string of the molecule is CCn1ncnc1Cn1cc(C)c(C)c1C. The first-order valence-electron chi connectivity index (χ1n) is 5.63. The minimum absolute atomic E-state index is 0.800. The molecule has 4 nitrogen and oxygen atoms in total. The molecular weight excluding hydrogens is 200 g/mol. The molecule has 2 rings (SSSR count). The van der Waals surface area contributed by atoms with Crippen molar-refractivity contribution in [1.82, 2.24) is 19.3 Å². The summed E-state index contributed by atoms with van der Waals surface area (Å²) in [4.78, 5) is 4.29. The topological polar surface area (TPSA) is 35.6 Å². The van der Waals surface area contributed by atoms with Crippen LogP contribution in [0.1, 0.15) is 29.6 Å². The molecule has 0 saturated carbocycles. The summed E-state index contributed by atoms with van der Waals surface area (Å²) in [6.07, 6.45) is 3.80. The van der Waals surface area contributed by atoms with Crippen LogP contribution in [0.25, 0.3) is 0 Å². The molecule has 0 aliphatic rings. The van der Waals surface area contributed by atoms with Gasteiger partial charge in [-0.1, -0.05) is 0 Å². The standard InChI is InChI=1S/C12H18N4/c1-5-16-12(13-8-14-16)7-15-6-9(2)10(3)11(15)4/h6,8H,5,7H2,1-4H3. The highest BCUT2D eigenvalue weighted by molar-refractivity contribution is 5.29. The van der Waals surface area contributed by atoms with E-state index in [0.717, 1.165) is 18.9 Å². The summed E-state index contributed by atoms with van der Waals surface area (Å²) in [5, 5.41) is 4.18. The van der Waals surface area contributed by atoms with Crippen LogP contribution in [0.15, 0.2) is 12.5 Å². The summed E-state index contributed by atoms with van der Waals surface area (Å²) in [5.74, 6) is 1.01. The first-order valence-corrected chi connectivity index (χ1v) is 5.63. The lowest BCUT2D eigenvalue weighted by Gasteiger charge is -2.06. The summed E-state index contributed by atoms with van der Waals surface area (Å²) < 4.78 is 4.17. The van der Waals surface area contributed by atoms with E-state index in [1.165, 1.54) is 16.8 Å². The van der Waals surface area contributed by atoms with Crippen molar-refractivity contribution in [3.05, 3.63) is 35.2 Å². The maximum atomic E-state index is 4.29. The minimum Gasteiger partial charge on any atom is -0.344 e. The molecule has 0 aliphatic heterocycles. The van der Waals surface area contributed by atoms with E-state index in [1.54, 1.807) is 6.33 Å². The van der Waals surface area contributed by atoms with Crippen LogP contribution >= 0.6 is 0 Å². The lowest BCUT2D eigenvalue weighted by Crippen LogP contribution is -2.09. The lowest BCUT2D eigenvalue weighted by atomic mass is 10.2. The molecule has 2 aromatic heterocycles. The second-order valence-electron chi connectivity index (χ2n) is 4.14. The van der Waals surface area contributed by atoms with E-state index in [2.05, 4.69) is 48.5 Å². The third-order valence-electron chi connectivity index (χ3n) is 3.22. The van der Waals surface area contributed by atoms with E-state index in [9.17, 15) is 0 Å². The van der Waals surface area contributed by atoms with Gasteiger partial charge in [0.2, 0.25) is 0 Å². The zero-order valence-electron chi connectivity index (χ0n) is 10.4. The van der Waals surface area contributed by atoms with Crippen molar-refractivity contribution in [2.45, 2.75) is 40.8 Å². The van der Waals surface area contributed by atoms with Crippen molar-refractivity contribution < 1.29 is 0 Å². The molecule has 0 N–H and O–H groups in total. The fourth-order valence-corrected chi connectivity index (χ4v) is 1.92. The molecule has 0 atom stereocenters. The van der Waals surface area contributed by atoms with Crippen LogP contribution in [0.2, 0.25) is 0 Å². The Hall–Kier alpha value is -1.58. The molecule has 4 heteroatoms. The first-order chi connectivity index (χ1) is 7.63. The molecule has 86 valence electrons. The normalized spacial score (nSPS) is 11.0. The Bertz CT molecular complexity index is 493. The van der Waals surface area contributed by atoms with Gasteiger partial charge >= 0.3 is 0 Å². The van der Waals surface area contributed by atoms with E-state index in [4.69, 9.17) is 0 Å². The monoisotopic (exact) mass is 218 g/mol. The molecule has 0 unspecified atom stereocenters. The number of hydrogen-bond acceptors (Lipinski definition) is 2. The van der Waals surface area contributed by atoms with Gasteiger partial charge in [-0.2, -0.15) is 5.10 Å². The number of nitrogens with zero attached hydrogens (tertiary/aromatic N) is 4. The van der Waals surface area contributed by atoms with Gasteiger partial charge in [0.05, 0.1) is 6.54 Å². The lowest BCUT2D eigenvalue weighted by molar-refractivity contribution is 0.588. The van der Waals surface area contributed by atoms with E-state index in [1.807, 2.05) is 4.68 Å². The van der Waals surface area contributed by atoms with Crippen LogP contribution in [-0.4, -0.2) is 19.3 Å². The Balaban J connectivity index is 2.30. The van der Waals surface area contributed by atoms with E-state index < -0.39 is 0 Å².